The Labute approximate surface area is 220 Å². The molecule has 0 saturated carbocycles. The van der Waals surface area contributed by atoms with Crippen LogP contribution in [0.1, 0.15) is 54.5 Å². The van der Waals surface area contributed by atoms with Gasteiger partial charge in [-0.05, 0) is 56.2 Å². The van der Waals surface area contributed by atoms with Gasteiger partial charge in [-0.1, -0.05) is 37.6 Å². The molecule has 1 heterocycles. The predicted molar refractivity (Wildman–Crippen MR) is 146 cm³/mol. The summed E-state index contributed by atoms with van der Waals surface area (Å²) in [7, 11) is 1.54. The van der Waals surface area contributed by atoms with E-state index in [1.807, 2.05) is 39.0 Å². The van der Waals surface area contributed by atoms with Crippen LogP contribution in [0.3, 0.4) is 0 Å². The van der Waals surface area contributed by atoms with Gasteiger partial charge < -0.3 is 9.64 Å². The Bertz CT molecular complexity index is 1560. The molecule has 3 aromatic carbocycles. The second kappa shape index (κ2) is 11.2. The third-order valence-electron chi connectivity index (χ3n) is 6.54. The van der Waals surface area contributed by atoms with E-state index in [4.69, 9.17) is 9.72 Å². The van der Waals surface area contributed by atoms with Crippen molar-refractivity contribution >= 4 is 22.5 Å². The molecular weight excluding hydrogens is 484 g/mol. The topological polar surface area (TPSA) is 108 Å². The number of aryl methyl sites for hydroxylation is 1. The van der Waals surface area contributed by atoms with E-state index in [0.29, 0.717) is 41.1 Å². The van der Waals surface area contributed by atoms with Crippen LogP contribution in [0.15, 0.2) is 71.5 Å². The summed E-state index contributed by atoms with van der Waals surface area (Å²) in [6, 6.07) is 17.7. The summed E-state index contributed by atoms with van der Waals surface area (Å²) in [5, 5.41) is 11.8. The predicted octanol–water partition coefficient (Wildman–Crippen LogP) is 5.61. The van der Waals surface area contributed by atoms with Gasteiger partial charge in [-0.2, -0.15) is 0 Å². The lowest BCUT2D eigenvalue weighted by atomic mass is 10.1. The van der Waals surface area contributed by atoms with Crippen LogP contribution < -0.4 is 10.3 Å². The molecule has 0 spiro atoms. The maximum atomic E-state index is 13.9. The van der Waals surface area contributed by atoms with Gasteiger partial charge in [0.2, 0.25) is 0 Å². The number of benzene rings is 3. The van der Waals surface area contributed by atoms with Crippen molar-refractivity contribution in [2.45, 2.75) is 39.7 Å². The third-order valence-corrected chi connectivity index (χ3v) is 6.54. The van der Waals surface area contributed by atoms with Gasteiger partial charge >= 0.3 is 0 Å². The van der Waals surface area contributed by atoms with E-state index in [1.54, 1.807) is 35.2 Å². The number of aromatic nitrogens is 2. The molecule has 9 heteroatoms. The molecule has 0 N–H and O–H groups in total. The lowest BCUT2D eigenvalue weighted by molar-refractivity contribution is -0.384. The summed E-state index contributed by atoms with van der Waals surface area (Å²) >= 11 is 0. The number of hydrogen-bond donors (Lipinski definition) is 0. The zero-order valence-electron chi connectivity index (χ0n) is 21.9. The molecular formula is C29H30N4O5. The molecule has 4 aromatic rings. The minimum absolute atomic E-state index is 0.163. The molecule has 1 atom stereocenters. The van der Waals surface area contributed by atoms with Crippen LogP contribution in [0.5, 0.6) is 5.75 Å². The molecule has 1 amide bonds. The molecule has 0 aliphatic heterocycles. The van der Waals surface area contributed by atoms with E-state index >= 15 is 0 Å². The van der Waals surface area contributed by atoms with Gasteiger partial charge in [0, 0.05) is 24.2 Å². The molecule has 0 aliphatic rings. The van der Waals surface area contributed by atoms with Crippen LogP contribution in [-0.2, 0) is 0 Å². The SMILES string of the molecule is CCCCN(C(=O)c1cccc([N+](=O)[O-])c1)C(C)c1nc2ccccc2c(=O)n1-c1cc(C)ccc1OC. The molecule has 1 aromatic heterocycles. The van der Waals surface area contributed by atoms with Crippen molar-refractivity contribution in [1.29, 1.82) is 0 Å². The number of hydrogen-bond acceptors (Lipinski definition) is 6. The molecule has 0 bridgehead atoms. The highest BCUT2D eigenvalue weighted by molar-refractivity contribution is 5.95. The van der Waals surface area contributed by atoms with Crippen LogP contribution in [0.4, 0.5) is 5.69 Å². The number of nitrogens with zero attached hydrogens (tertiary/aromatic N) is 4. The second-order valence-electron chi connectivity index (χ2n) is 9.14. The van der Waals surface area contributed by atoms with Crippen LogP contribution >= 0.6 is 0 Å². The minimum Gasteiger partial charge on any atom is -0.495 e. The van der Waals surface area contributed by atoms with E-state index in [0.717, 1.165) is 12.0 Å². The van der Waals surface area contributed by atoms with Crippen molar-refractivity contribution in [3.05, 3.63) is 104 Å². The van der Waals surface area contributed by atoms with Crippen molar-refractivity contribution in [1.82, 2.24) is 14.5 Å². The molecule has 1 unspecified atom stereocenters. The quantitative estimate of drug-likeness (QED) is 0.212. The molecule has 0 radical (unpaired) electrons. The second-order valence-corrected chi connectivity index (χ2v) is 9.14. The van der Waals surface area contributed by atoms with E-state index < -0.39 is 11.0 Å². The number of carbonyl (C=O) groups excluding carboxylic acids is 1. The zero-order chi connectivity index (χ0) is 27.4. The standard InChI is InChI=1S/C29H30N4O5/c1-5-6-16-31(28(34)21-10-9-11-22(18-21)33(36)37)20(3)27-30-24-13-8-7-12-23(24)29(35)32(27)25-17-19(2)14-15-26(25)38-4/h7-15,17-18,20H,5-6,16H2,1-4H3. The molecule has 9 nitrogen and oxygen atoms in total. The first kappa shape index (κ1) is 26.5. The third kappa shape index (κ3) is 5.13. The van der Waals surface area contributed by atoms with E-state index in [2.05, 4.69) is 0 Å². The average molecular weight is 515 g/mol. The van der Waals surface area contributed by atoms with Gasteiger partial charge in [-0.15, -0.1) is 0 Å². The van der Waals surface area contributed by atoms with Crippen LogP contribution in [0.25, 0.3) is 16.6 Å². The van der Waals surface area contributed by atoms with Crippen molar-refractivity contribution < 1.29 is 14.5 Å². The number of fused-ring (bicyclic) bond motifs is 1. The lowest BCUT2D eigenvalue weighted by Crippen LogP contribution is -2.38. The number of amides is 1. The number of nitro groups is 1. The first-order valence-corrected chi connectivity index (χ1v) is 12.5. The number of carbonyl (C=O) groups is 1. The van der Waals surface area contributed by atoms with Crippen LogP contribution in [0.2, 0.25) is 0 Å². The van der Waals surface area contributed by atoms with Crippen molar-refractivity contribution in [2.75, 3.05) is 13.7 Å². The van der Waals surface area contributed by atoms with Gasteiger partial charge in [-0.25, -0.2) is 4.98 Å². The minimum atomic E-state index is -0.643. The van der Waals surface area contributed by atoms with E-state index in [-0.39, 0.29) is 22.7 Å². The molecule has 0 aliphatic carbocycles. The number of non-ortho nitro benzene ring substituents is 1. The number of rotatable bonds is 9. The highest BCUT2D eigenvalue weighted by Gasteiger charge is 2.29. The van der Waals surface area contributed by atoms with Crippen LogP contribution in [0, 0.1) is 17.0 Å². The maximum Gasteiger partial charge on any atom is 0.270 e. The summed E-state index contributed by atoms with van der Waals surface area (Å²) < 4.78 is 7.11. The largest absolute Gasteiger partial charge is 0.495 e. The lowest BCUT2D eigenvalue weighted by Gasteiger charge is -2.31. The summed E-state index contributed by atoms with van der Waals surface area (Å²) in [5.74, 6) is 0.487. The maximum absolute atomic E-state index is 13.9. The Hall–Kier alpha value is -4.53. The molecule has 196 valence electrons. The number of nitro benzene ring substituents is 1. The first-order valence-electron chi connectivity index (χ1n) is 12.5. The smallest absolute Gasteiger partial charge is 0.270 e. The molecule has 38 heavy (non-hydrogen) atoms. The summed E-state index contributed by atoms with van der Waals surface area (Å²) in [6.45, 7) is 6.14. The number of methoxy groups -OCH3 is 1. The van der Waals surface area contributed by atoms with Gasteiger partial charge in [-0.3, -0.25) is 24.3 Å². The van der Waals surface area contributed by atoms with Gasteiger partial charge in [0.1, 0.15) is 11.6 Å². The Balaban J connectivity index is 1.94. The van der Waals surface area contributed by atoms with Gasteiger partial charge in [0.25, 0.3) is 17.2 Å². The monoisotopic (exact) mass is 514 g/mol. The van der Waals surface area contributed by atoms with Gasteiger partial charge in [0.05, 0.1) is 34.7 Å². The fraction of sp³-hybridized carbons (Fsp3) is 0.276. The van der Waals surface area contributed by atoms with Crippen LogP contribution in [-0.4, -0.2) is 38.9 Å². The summed E-state index contributed by atoms with van der Waals surface area (Å²) in [5.41, 5.74) is 1.72. The summed E-state index contributed by atoms with van der Waals surface area (Å²) in [6.07, 6.45) is 1.53. The number of para-hydroxylation sites is 1. The molecule has 0 saturated heterocycles. The highest BCUT2D eigenvalue weighted by Crippen LogP contribution is 2.30. The van der Waals surface area contributed by atoms with Crippen molar-refractivity contribution in [2.24, 2.45) is 0 Å². The zero-order valence-corrected chi connectivity index (χ0v) is 21.9. The molecule has 0 fully saturated rings. The Morgan fingerprint density at radius 3 is 2.61 bits per heavy atom. The Morgan fingerprint density at radius 1 is 1.13 bits per heavy atom. The van der Waals surface area contributed by atoms with Gasteiger partial charge in [0.15, 0.2) is 0 Å². The normalized spacial score (nSPS) is 11.8. The highest BCUT2D eigenvalue weighted by atomic mass is 16.6. The Morgan fingerprint density at radius 2 is 1.89 bits per heavy atom. The Kier molecular flexibility index (Phi) is 7.85. The average Bonchev–Trinajstić information content (AvgIpc) is 2.93. The fourth-order valence-electron chi connectivity index (χ4n) is 4.49. The fourth-order valence-corrected chi connectivity index (χ4v) is 4.49. The summed E-state index contributed by atoms with van der Waals surface area (Å²) in [4.78, 5) is 45.0. The van der Waals surface area contributed by atoms with Crippen molar-refractivity contribution in [3.63, 3.8) is 0 Å². The number of unbranched alkanes of at least 4 members (excludes halogenated alkanes) is 1. The number of ether oxygens (including phenoxy) is 1. The van der Waals surface area contributed by atoms with Crippen molar-refractivity contribution in [3.8, 4) is 11.4 Å². The molecule has 4 rings (SSSR count). The van der Waals surface area contributed by atoms with E-state index in [9.17, 15) is 19.7 Å². The van der Waals surface area contributed by atoms with E-state index in [1.165, 1.54) is 29.9 Å². The first-order chi connectivity index (χ1) is 18.3.